The zero-order chi connectivity index (χ0) is 11.0. The first-order valence-electron chi connectivity index (χ1n) is 6.31. The Bertz CT molecular complexity index is 371. The molecule has 0 radical (unpaired) electrons. The van der Waals surface area contributed by atoms with E-state index in [-0.39, 0.29) is 6.10 Å². The molecule has 2 nitrogen and oxygen atoms in total. The second-order valence-electron chi connectivity index (χ2n) is 5.16. The van der Waals surface area contributed by atoms with Gasteiger partial charge in [-0.2, -0.15) is 0 Å². The molecule has 1 N–H and O–H groups in total. The third kappa shape index (κ3) is 1.87. The van der Waals surface area contributed by atoms with E-state index in [1.54, 1.807) is 11.1 Å². The van der Waals surface area contributed by atoms with E-state index in [0.717, 1.165) is 19.6 Å². The second kappa shape index (κ2) is 4.19. The highest BCUT2D eigenvalue weighted by atomic mass is 16.3. The van der Waals surface area contributed by atoms with Crippen molar-refractivity contribution in [1.82, 2.24) is 4.90 Å². The predicted octanol–water partition coefficient (Wildman–Crippen LogP) is 1.78. The summed E-state index contributed by atoms with van der Waals surface area (Å²) in [6.45, 7) is 2.88. The molecular formula is C14H19NO. The molecule has 3 rings (SSSR count). The summed E-state index contributed by atoms with van der Waals surface area (Å²) in [4.78, 5) is 2.37. The summed E-state index contributed by atoms with van der Waals surface area (Å²) in [5.74, 6) is 0.692. The van der Waals surface area contributed by atoms with Crippen LogP contribution in [0.15, 0.2) is 24.3 Å². The summed E-state index contributed by atoms with van der Waals surface area (Å²) in [7, 11) is 0. The van der Waals surface area contributed by atoms with Gasteiger partial charge >= 0.3 is 0 Å². The Labute approximate surface area is 96.9 Å². The first-order valence-corrected chi connectivity index (χ1v) is 6.31. The zero-order valence-electron chi connectivity index (χ0n) is 9.60. The minimum absolute atomic E-state index is 0.0705. The van der Waals surface area contributed by atoms with E-state index in [1.807, 2.05) is 0 Å². The van der Waals surface area contributed by atoms with E-state index < -0.39 is 0 Å². The van der Waals surface area contributed by atoms with Crippen LogP contribution in [0.2, 0.25) is 0 Å². The van der Waals surface area contributed by atoms with Gasteiger partial charge in [0.15, 0.2) is 0 Å². The lowest BCUT2D eigenvalue weighted by Crippen LogP contribution is -2.52. The number of benzene rings is 1. The van der Waals surface area contributed by atoms with Crippen LogP contribution in [0.5, 0.6) is 0 Å². The normalized spacial score (nSPS) is 26.2. The predicted molar refractivity (Wildman–Crippen MR) is 64.6 cm³/mol. The van der Waals surface area contributed by atoms with Crippen molar-refractivity contribution in [2.24, 2.45) is 0 Å². The van der Waals surface area contributed by atoms with Crippen molar-refractivity contribution in [3.63, 3.8) is 0 Å². The number of aryl methyl sites for hydroxylation is 1. The first-order chi connectivity index (χ1) is 7.83. The summed E-state index contributed by atoms with van der Waals surface area (Å²) < 4.78 is 0. The van der Waals surface area contributed by atoms with E-state index in [2.05, 4.69) is 29.2 Å². The number of likely N-dealkylation sites (tertiary alicyclic amines) is 1. The molecule has 1 heterocycles. The summed E-state index contributed by atoms with van der Waals surface area (Å²) in [5, 5.41) is 9.30. The van der Waals surface area contributed by atoms with Crippen LogP contribution in [0.1, 0.15) is 29.9 Å². The van der Waals surface area contributed by atoms with Gasteiger partial charge in [-0.05, 0) is 36.3 Å². The van der Waals surface area contributed by atoms with Crippen molar-refractivity contribution in [3.05, 3.63) is 35.4 Å². The number of β-amino-alcohol motifs (C(OH)–C–C–N with tert-alkyl or cyclic N) is 1. The van der Waals surface area contributed by atoms with Crippen LogP contribution >= 0.6 is 0 Å². The van der Waals surface area contributed by atoms with Gasteiger partial charge in [0, 0.05) is 19.6 Å². The van der Waals surface area contributed by atoms with Crippen LogP contribution < -0.4 is 0 Å². The largest absolute Gasteiger partial charge is 0.390 e. The van der Waals surface area contributed by atoms with Crippen molar-refractivity contribution in [3.8, 4) is 0 Å². The van der Waals surface area contributed by atoms with Crippen LogP contribution in [0.3, 0.4) is 0 Å². The van der Waals surface area contributed by atoms with Gasteiger partial charge in [-0.1, -0.05) is 24.3 Å². The van der Waals surface area contributed by atoms with Gasteiger partial charge in [-0.3, -0.25) is 4.90 Å². The van der Waals surface area contributed by atoms with Crippen LogP contribution in [0, 0.1) is 0 Å². The average molecular weight is 217 g/mol. The third-order valence-corrected chi connectivity index (χ3v) is 3.91. The van der Waals surface area contributed by atoms with Crippen molar-refractivity contribution in [2.45, 2.75) is 31.3 Å². The van der Waals surface area contributed by atoms with Crippen LogP contribution in [0.4, 0.5) is 0 Å². The van der Waals surface area contributed by atoms with Crippen molar-refractivity contribution < 1.29 is 5.11 Å². The van der Waals surface area contributed by atoms with E-state index in [1.165, 1.54) is 19.3 Å². The van der Waals surface area contributed by atoms with E-state index >= 15 is 0 Å². The second-order valence-corrected chi connectivity index (χ2v) is 5.16. The van der Waals surface area contributed by atoms with E-state index in [0.29, 0.717) is 5.92 Å². The molecule has 1 aliphatic heterocycles. The summed E-state index contributed by atoms with van der Waals surface area (Å²) in [6.07, 6.45) is 3.80. The molecule has 0 bridgehead atoms. The molecule has 86 valence electrons. The fourth-order valence-corrected chi connectivity index (χ4v) is 3.05. The summed E-state index contributed by atoms with van der Waals surface area (Å²) in [5.41, 5.74) is 3.09. The SMILES string of the molecule is OC1CN(CC2CCCc3ccccc32)C1. The molecule has 1 unspecified atom stereocenters. The van der Waals surface area contributed by atoms with Crippen molar-refractivity contribution in [2.75, 3.05) is 19.6 Å². The molecule has 2 aliphatic rings. The standard InChI is InChI=1S/C14H19NO/c16-13-9-15(10-13)8-12-6-3-5-11-4-1-2-7-14(11)12/h1-2,4,7,12-13,16H,3,5-6,8-10H2. The van der Waals surface area contributed by atoms with Gasteiger partial charge in [-0.25, -0.2) is 0 Å². The number of nitrogens with zero attached hydrogens (tertiary/aromatic N) is 1. The van der Waals surface area contributed by atoms with E-state index in [4.69, 9.17) is 0 Å². The molecule has 16 heavy (non-hydrogen) atoms. The lowest BCUT2D eigenvalue weighted by molar-refractivity contribution is -0.00206. The highest BCUT2D eigenvalue weighted by molar-refractivity contribution is 5.32. The molecule has 0 aromatic heterocycles. The molecule has 1 fully saturated rings. The Balaban J connectivity index is 1.72. The molecule has 0 spiro atoms. The monoisotopic (exact) mass is 217 g/mol. The molecule has 1 aromatic carbocycles. The molecule has 2 heteroatoms. The molecular weight excluding hydrogens is 198 g/mol. The number of hydrogen-bond acceptors (Lipinski definition) is 2. The highest BCUT2D eigenvalue weighted by Crippen LogP contribution is 2.32. The van der Waals surface area contributed by atoms with Crippen LogP contribution in [-0.2, 0) is 6.42 Å². The third-order valence-electron chi connectivity index (χ3n) is 3.91. The summed E-state index contributed by atoms with van der Waals surface area (Å²) in [6, 6.07) is 8.86. The Kier molecular flexibility index (Phi) is 2.70. The zero-order valence-corrected chi connectivity index (χ0v) is 9.60. The van der Waals surface area contributed by atoms with Gasteiger partial charge < -0.3 is 5.11 Å². The molecule has 1 aliphatic carbocycles. The maximum atomic E-state index is 9.30. The van der Waals surface area contributed by atoms with E-state index in [9.17, 15) is 5.11 Å². The van der Waals surface area contributed by atoms with Gasteiger partial charge in [-0.15, -0.1) is 0 Å². The van der Waals surface area contributed by atoms with Gasteiger partial charge in [0.05, 0.1) is 6.10 Å². The smallest absolute Gasteiger partial charge is 0.0793 e. The Hall–Kier alpha value is -0.860. The number of fused-ring (bicyclic) bond motifs is 1. The first kappa shape index (κ1) is 10.3. The quantitative estimate of drug-likeness (QED) is 0.816. The number of rotatable bonds is 2. The Morgan fingerprint density at radius 2 is 2.06 bits per heavy atom. The fourth-order valence-electron chi connectivity index (χ4n) is 3.05. The Morgan fingerprint density at radius 3 is 2.88 bits per heavy atom. The lowest BCUT2D eigenvalue weighted by Gasteiger charge is -2.39. The number of aliphatic hydroxyl groups excluding tert-OH is 1. The molecule has 0 saturated carbocycles. The Morgan fingerprint density at radius 1 is 1.25 bits per heavy atom. The topological polar surface area (TPSA) is 23.5 Å². The van der Waals surface area contributed by atoms with Gasteiger partial charge in [0.25, 0.3) is 0 Å². The molecule has 1 atom stereocenters. The fraction of sp³-hybridized carbons (Fsp3) is 0.571. The lowest BCUT2D eigenvalue weighted by atomic mass is 9.82. The number of hydrogen-bond donors (Lipinski definition) is 1. The van der Waals surface area contributed by atoms with Crippen molar-refractivity contribution >= 4 is 0 Å². The molecule has 1 aromatic rings. The summed E-state index contributed by atoms with van der Waals surface area (Å²) >= 11 is 0. The van der Waals surface area contributed by atoms with Gasteiger partial charge in [0.2, 0.25) is 0 Å². The average Bonchev–Trinajstić information content (AvgIpc) is 2.27. The minimum Gasteiger partial charge on any atom is -0.390 e. The van der Waals surface area contributed by atoms with Crippen LogP contribution in [0.25, 0.3) is 0 Å². The van der Waals surface area contributed by atoms with Crippen molar-refractivity contribution in [1.29, 1.82) is 0 Å². The number of aliphatic hydroxyl groups is 1. The highest BCUT2D eigenvalue weighted by Gasteiger charge is 2.28. The molecule has 0 amide bonds. The maximum Gasteiger partial charge on any atom is 0.0793 e. The van der Waals surface area contributed by atoms with Crippen LogP contribution in [-0.4, -0.2) is 35.7 Å². The minimum atomic E-state index is -0.0705. The van der Waals surface area contributed by atoms with Gasteiger partial charge in [0.1, 0.15) is 0 Å². The molecule has 1 saturated heterocycles. The maximum absolute atomic E-state index is 9.30.